The Balaban J connectivity index is 1.78. The van der Waals surface area contributed by atoms with Crippen molar-refractivity contribution in [3.63, 3.8) is 0 Å². The van der Waals surface area contributed by atoms with Crippen LogP contribution in [0.15, 0.2) is 77.2 Å². The minimum atomic E-state index is -0.630. The van der Waals surface area contributed by atoms with Crippen LogP contribution in [0.3, 0.4) is 0 Å². The molecule has 37 heavy (non-hydrogen) atoms. The molecule has 7 heteroatoms. The fraction of sp³-hybridized carbons (Fsp3) is 0.200. The highest BCUT2D eigenvalue weighted by molar-refractivity contribution is 6.10. The smallest absolute Gasteiger partial charge is 0.269 e. The zero-order valence-electron chi connectivity index (χ0n) is 21.5. The molecular weight excluding hydrogens is 464 g/mol. The van der Waals surface area contributed by atoms with E-state index in [1.165, 1.54) is 10.5 Å². The predicted molar refractivity (Wildman–Crippen MR) is 145 cm³/mol. The lowest BCUT2D eigenvalue weighted by Crippen LogP contribution is -2.20. The van der Waals surface area contributed by atoms with Gasteiger partial charge in [-0.1, -0.05) is 51.1 Å². The molecule has 186 valence electrons. The third kappa shape index (κ3) is 5.60. The Labute approximate surface area is 215 Å². The second-order valence-corrected chi connectivity index (χ2v) is 9.88. The summed E-state index contributed by atoms with van der Waals surface area (Å²) >= 11 is 0. The zero-order chi connectivity index (χ0) is 26.7. The van der Waals surface area contributed by atoms with Gasteiger partial charge >= 0.3 is 0 Å². The number of nitriles is 1. The molecule has 0 unspecified atom stereocenters. The lowest BCUT2D eigenvalue weighted by molar-refractivity contribution is -0.112. The average molecular weight is 493 g/mol. The van der Waals surface area contributed by atoms with Crippen molar-refractivity contribution in [2.24, 2.45) is 0 Å². The molecule has 0 saturated carbocycles. The molecule has 0 radical (unpaired) electrons. The molecule has 2 aromatic carbocycles. The maximum atomic E-state index is 13.4. The maximum Gasteiger partial charge on any atom is 0.269 e. The van der Waals surface area contributed by atoms with Gasteiger partial charge in [0.2, 0.25) is 5.88 Å². The molecule has 0 aliphatic heterocycles. The zero-order valence-corrected chi connectivity index (χ0v) is 21.5. The number of hydrogen-bond donors (Lipinski definition) is 1. The normalized spacial score (nSPS) is 11.7. The Morgan fingerprint density at radius 3 is 2.49 bits per heavy atom. The Morgan fingerprint density at radius 1 is 1.08 bits per heavy atom. The number of pyridine rings is 1. The van der Waals surface area contributed by atoms with Gasteiger partial charge in [-0.05, 0) is 72.4 Å². The van der Waals surface area contributed by atoms with Gasteiger partial charge in [-0.15, -0.1) is 0 Å². The Bertz CT molecular complexity index is 1620. The first-order valence-electron chi connectivity index (χ1n) is 11.9. The summed E-state index contributed by atoms with van der Waals surface area (Å²) in [6.07, 6.45) is 2.81. The maximum absolute atomic E-state index is 13.4. The van der Waals surface area contributed by atoms with Gasteiger partial charge in [0, 0.05) is 11.9 Å². The molecule has 0 aliphatic carbocycles. The molecular formula is C30H28N4O3. The third-order valence-corrected chi connectivity index (χ3v) is 5.96. The van der Waals surface area contributed by atoms with Gasteiger partial charge in [0.15, 0.2) is 0 Å². The number of carbonyl (C=O) groups excluding carboxylic acids is 1. The molecule has 0 saturated heterocycles. The van der Waals surface area contributed by atoms with Crippen LogP contribution in [-0.2, 0) is 10.2 Å². The van der Waals surface area contributed by atoms with Crippen molar-refractivity contribution in [1.82, 2.24) is 9.38 Å². The van der Waals surface area contributed by atoms with Gasteiger partial charge in [-0.3, -0.25) is 14.0 Å². The molecule has 2 heterocycles. The van der Waals surface area contributed by atoms with Gasteiger partial charge < -0.3 is 10.1 Å². The first kappa shape index (κ1) is 25.4. The minimum Gasteiger partial charge on any atom is -0.438 e. The van der Waals surface area contributed by atoms with Crippen LogP contribution >= 0.6 is 0 Å². The highest BCUT2D eigenvalue weighted by Gasteiger charge is 2.19. The number of carbonyl (C=O) groups is 1. The number of benzene rings is 2. The van der Waals surface area contributed by atoms with Gasteiger partial charge in [-0.2, -0.15) is 10.2 Å². The number of aromatic nitrogens is 2. The number of hydrogen-bond acceptors (Lipinski definition) is 5. The van der Waals surface area contributed by atoms with E-state index in [1.54, 1.807) is 36.5 Å². The molecule has 1 N–H and O–H groups in total. The molecule has 0 spiro atoms. The molecule has 7 nitrogen and oxygen atoms in total. The molecule has 1 amide bonds. The van der Waals surface area contributed by atoms with Crippen molar-refractivity contribution in [2.45, 2.75) is 40.0 Å². The van der Waals surface area contributed by atoms with E-state index in [0.29, 0.717) is 17.1 Å². The Morgan fingerprint density at radius 2 is 1.81 bits per heavy atom. The minimum absolute atomic E-state index is 0.00346. The van der Waals surface area contributed by atoms with Crippen LogP contribution in [0.25, 0.3) is 11.7 Å². The molecule has 0 fully saturated rings. The molecule has 4 rings (SSSR count). The Kier molecular flexibility index (Phi) is 6.94. The Hall–Kier alpha value is -4.70. The van der Waals surface area contributed by atoms with Crippen LogP contribution in [0.5, 0.6) is 11.6 Å². The van der Waals surface area contributed by atoms with Crippen molar-refractivity contribution >= 4 is 23.3 Å². The second kappa shape index (κ2) is 10.1. The standard InChI is InChI=1S/C30H28N4O3/c1-19-9-10-20(2)25(16-19)32-27(35)21(18-31)17-24-28(33-26-8-6-7-15-34(26)29(24)36)37-23-13-11-22(12-14-23)30(3,4)5/h6-17H,1-5H3,(H,32,35). The van der Waals surface area contributed by atoms with Crippen LogP contribution < -0.4 is 15.6 Å². The second-order valence-electron chi connectivity index (χ2n) is 9.88. The van der Waals surface area contributed by atoms with Gasteiger partial charge in [-0.25, -0.2) is 0 Å². The van der Waals surface area contributed by atoms with Crippen LogP contribution in [0.2, 0.25) is 0 Å². The van der Waals surface area contributed by atoms with Crippen molar-refractivity contribution in [3.8, 4) is 17.7 Å². The molecule has 4 aromatic rings. The third-order valence-electron chi connectivity index (χ3n) is 5.96. The van der Waals surface area contributed by atoms with E-state index >= 15 is 0 Å². The number of ether oxygens (including phenoxy) is 1. The van der Waals surface area contributed by atoms with E-state index < -0.39 is 11.5 Å². The predicted octanol–water partition coefficient (Wildman–Crippen LogP) is 5.95. The van der Waals surface area contributed by atoms with E-state index in [4.69, 9.17) is 4.74 Å². The molecule has 0 bridgehead atoms. The number of aryl methyl sites for hydroxylation is 2. The van der Waals surface area contributed by atoms with Crippen molar-refractivity contribution in [3.05, 3.63) is 105 Å². The van der Waals surface area contributed by atoms with Gasteiger partial charge in [0.05, 0.1) is 0 Å². The number of anilines is 1. The van der Waals surface area contributed by atoms with E-state index in [-0.39, 0.29) is 22.4 Å². The summed E-state index contributed by atoms with van der Waals surface area (Å²) < 4.78 is 7.38. The summed E-state index contributed by atoms with van der Waals surface area (Å²) in [4.78, 5) is 30.9. The van der Waals surface area contributed by atoms with Crippen molar-refractivity contribution < 1.29 is 9.53 Å². The number of nitrogens with zero attached hydrogens (tertiary/aromatic N) is 3. The highest BCUT2D eigenvalue weighted by atomic mass is 16.5. The lowest BCUT2D eigenvalue weighted by Gasteiger charge is -2.19. The topological polar surface area (TPSA) is 96.5 Å². The number of fused-ring (bicyclic) bond motifs is 1. The summed E-state index contributed by atoms with van der Waals surface area (Å²) in [5.74, 6) is -0.144. The van der Waals surface area contributed by atoms with Crippen LogP contribution in [-0.4, -0.2) is 15.3 Å². The largest absolute Gasteiger partial charge is 0.438 e. The first-order chi connectivity index (χ1) is 17.6. The van der Waals surface area contributed by atoms with Crippen LogP contribution in [0.4, 0.5) is 5.69 Å². The molecule has 0 atom stereocenters. The average Bonchev–Trinajstić information content (AvgIpc) is 2.86. The summed E-state index contributed by atoms with van der Waals surface area (Å²) in [6.45, 7) is 10.1. The lowest BCUT2D eigenvalue weighted by atomic mass is 9.87. The van der Waals surface area contributed by atoms with Crippen LogP contribution in [0, 0.1) is 25.2 Å². The van der Waals surface area contributed by atoms with Gasteiger partial charge in [0.25, 0.3) is 11.5 Å². The number of amides is 1. The van der Waals surface area contributed by atoms with E-state index in [0.717, 1.165) is 16.7 Å². The van der Waals surface area contributed by atoms with E-state index in [2.05, 4.69) is 31.1 Å². The van der Waals surface area contributed by atoms with Crippen molar-refractivity contribution in [1.29, 1.82) is 5.26 Å². The first-order valence-corrected chi connectivity index (χ1v) is 11.9. The summed E-state index contributed by atoms with van der Waals surface area (Å²) in [7, 11) is 0. The van der Waals surface area contributed by atoms with E-state index in [9.17, 15) is 14.9 Å². The van der Waals surface area contributed by atoms with E-state index in [1.807, 2.05) is 50.2 Å². The summed E-state index contributed by atoms with van der Waals surface area (Å²) in [5.41, 5.74) is 3.18. The fourth-order valence-electron chi connectivity index (χ4n) is 3.77. The van der Waals surface area contributed by atoms with Crippen molar-refractivity contribution in [2.75, 3.05) is 5.32 Å². The molecule has 2 aromatic heterocycles. The summed E-state index contributed by atoms with van der Waals surface area (Å²) in [6, 6.07) is 20.2. The van der Waals surface area contributed by atoms with Crippen LogP contribution in [0.1, 0.15) is 43.0 Å². The van der Waals surface area contributed by atoms with Gasteiger partial charge in [0.1, 0.15) is 28.6 Å². The quantitative estimate of drug-likeness (QED) is 0.274. The number of nitrogens with one attached hydrogen (secondary N) is 1. The monoisotopic (exact) mass is 492 g/mol. The highest BCUT2D eigenvalue weighted by Crippen LogP contribution is 2.28. The fourth-order valence-corrected chi connectivity index (χ4v) is 3.77. The molecule has 0 aliphatic rings. The SMILES string of the molecule is Cc1ccc(C)c(NC(=O)C(C#N)=Cc2c(Oc3ccc(C(C)(C)C)cc3)nc3ccccn3c2=O)c1. The summed E-state index contributed by atoms with van der Waals surface area (Å²) in [5, 5.41) is 12.6. The number of rotatable bonds is 5.